The number of anilines is 1. The number of halogens is 4. The molecule has 0 aliphatic rings. The molecule has 1 atom stereocenters. The van der Waals surface area contributed by atoms with Crippen molar-refractivity contribution in [2.24, 2.45) is 0 Å². The van der Waals surface area contributed by atoms with Crippen molar-refractivity contribution in [3.63, 3.8) is 0 Å². The lowest BCUT2D eigenvalue weighted by Crippen LogP contribution is -2.24. The van der Waals surface area contributed by atoms with Gasteiger partial charge in [-0.15, -0.1) is 0 Å². The summed E-state index contributed by atoms with van der Waals surface area (Å²) in [4.78, 5) is 13.6. The molecule has 1 heterocycles. The summed E-state index contributed by atoms with van der Waals surface area (Å²) >= 11 is 3.01. The molecule has 0 amide bonds. The van der Waals surface area contributed by atoms with Gasteiger partial charge in [-0.05, 0) is 22.9 Å². The Hall–Kier alpha value is -1.38. The van der Waals surface area contributed by atoms with Crippen molar-refractivity contribution in [1.82, 2.24) is 4.98 Å². The molecule has 1 aromatic rings. The number of hydrogen-bond donors (Lipinski definition) is 1. The van der Waals surface area contributed by atoms with Gasteiger partial charge >= 0.3 is 11.9 Å². The number of nitrogens with zero attached hydrogens (tertiary/aromatic N) is 2. The molecule has 0 aliphatic heterocycles. The molecule has 100 valence electrons. The minimum Gasteiger partial charge on any atom is -0.376 e. The molecular formula is C9H9BrF3N3O2. The van der Waals surface area contributed by atoms with E-state index in [1.807, 2.05) is 0 Å². The number of alkyl halides is 3. The molecular weight excluding hydrogens is 319 g/mol. The van der Waals surface area contributed by atoms with Gasteiger partial charge in [0.1, 0.15) is 11.9 Å². The molecule has 0 spiro atoms. The maximum atomic E-state index is 12.2. The molecule has 0 radical (unpaired) electrons. The minimum atomic E-state index is -4.33. The van der Waals surface area contributed by atoms with Crippen LogP contribution in [0.25, 0.3) is 0 Å². The summed E-state index contributed by atoms with van der Waals surface area (Å²) < 4.78 is 36.8. The Morgan fingerprint density at radius 2 is 2.17 bits per heavy atom. The van der Waals surface area contributed by atoms with Crippen molar-refractivity contribution in [1.29, 1.82) is 0 Å². The highest BCUT2D eigenvalue weighted by molar-refractivity contribution is 9.10. The van der Waals surface area contributed by atoms with Gasteiger partial charge in [-0.25, -0.2) is 0 Å². The van der Waals surface area contributed by atoms with Crippen LogP contribution in [0.2, 0.25) is 0 Å². The van der Waals surface area contributed by atoms with Gasteiger partial charge in [0.2, 0.25) is 0 Å². The van der Waals surface area contributed by atoms with E-state index in [4.69, 9.17) is 0 Å². The third-order valence-corrected chi connectivity index (χ3v) is 2.61. The van der Waals surface area contributed by atoms with Gasteiger partial charge in [0.15, 0.2) is 0 Å². The van der Waals surface area contributed by atoms with Crippen LogP contribution in [0, 0.1) is 10.1 Å². The normalized spacial score (nSPS) is 13.2. The van der Waals surface area contributed by atoms with E-state index >= 15 is 0 Å². The van der Waals surface area contributed by atoms with E-state index in [9.17, 15) is 23.3 Å². The maximum Gasteiger partial charge on any atom is 0.391 e. The Balaban J connectivity index is 2.93. The van der Waals surface area contributed by atoms with E-state index in [2.05, 4.69) is 26.2 Å². The lowest BCUT2D eigenvalue weighted by molar-refractivity contribution is -0.384. The first-order valence-corrected chi connectivity index (χ1v) is 5.61. The molecule has 5 nitrogen and oxygen atoms in total. The minimum absolute atomic E-state index is 0.00764. The molecule has 0 bridgehead atoms. The standard InChI is InChI=1S/C9H9BrF3N3O2/c1-5(2-9(11,12)13)15-8-6(10)3-14-4-7(8)16(17)18/h3-5H,2H2,1H3,(H,14,15). The first-order valence-electron chi connectivity index (χ1n) is 4.82. The van der Waals surface area contributed by atoms with Crippen LogP contribution >= 0.6 is 15.9 Å². The summed E-state index contributed by atoms with van der Waals surface area (Å²) in [6.07, 6.45) is -3.16. The Morgan fingerprint density at radius 3 is 2.67 bits per heavy atom. The molecule has 0 saturated carbocycles. The van der Waals surface area contributed by atoms with Gasteiger partial charge in [-0.1, -0.05) is 0 Å². The molecule has 9 heteroatoms. The summed E-state index contributed by atoms with van der Waals surface area (Å²) in [7, 11) is 0. The van der Waals surface area contributed by atoms with Crippen LogP contribution in [0.3, 0.4) is 0 Å². The Labute approximate surface area is 109 Å². The number of nitro groups is 1. The topological polar surface area (TPSA) is 68.1 Å². The number of pyridine rings is 1. The summed E-state index contributed by atoms with van der Waals surface area (Å²) in [6.45, 7) is 1.30. The molecule has 1 N–H and O–H groups in total. The number of nitrogens with one attached hydrogen (secondary N) is 1. The number of rotatable bonds is 4. The van der Waals surface area contributed by atoms with Crippen molar-refractivity contribution in [3.8, 4) is 0 Å². The quantitative estimate of drug-likeness (QED) is 0.678. The van der Waals surface area contributed by atoms with Gasteiger partial charge in [0.25, 0.3) is 0 Å². The van der Waals surface area contributed by atoms with Crippen LogP contribution in [0.5, 0.6) is 0 Å². The van der Waals surface area contributed by atoms with Crippen LogP contribution in [-0.4, -0.2) is 22.1 Å². The first kappa shape index (κ1) is 14.7. The highest BCUT2D eigenvalue weighted by atomic mass is 79.9. The summed E-state index contributed by atoms with van der Waals surface area (Å²) in [5, 5.41) is 13.2. The highest BCUT2D eigenvalue weighted by Gasteiger charge is 2.31. The van der Waals surface area contributed by atoms with Gasteiger partial charge in [0, 0.05) is 12.2 Å². The fourth-order valence-corrected chi connectivity index (χ4v) is 1.79. The second-order valence-corrected chi connectivity index (χ2v) is 4.49. The van der Waals surface area contributed by atoms with Gasteiger partial charge in [0.05, 0.1) is 15.8 Å². The van der Waals surface area contributed by atoms with E-state index in [1.54, 1.807) is 0 Å². The average molecular weight is 328 g/mol. The fraction of sp³-hybridized carbons (Fsp3) is 0.444. The fourth-order valence-electron chi connectivity index (χ4n) is 1.35. The predicted octanol–water partition coefficient (Wildman–Crippen LogP) is 3.51. The summed E-state index contributed by atoms with van der Waals surface area (Å²) in [5.74, 6) is 0. The van der Waals surface area contributed by atoms with E-state index < -0.39 is 23.6 Å². The van der Waals surface area contributed by atoms with Crippen molar-refractivity contribution in [2.75, 3.05) is 5.32 Å². The summed E-state index contributed by atoms with van der Waals surface area (Å²) in [6, 6.07) is -0.984. The van der Waals surface area contributed by atoms with Crippen LogP contribution in [0.1, 0.15) is 13.3 Å². The van der Waals surface area contributed by atoms with Crippen LogP contribution < -0.4 is 5.32 Å². The smallest absolute Gasteiger partial charge is 0.376 e. The van der Waals surface area contributed by atoms with Gasteiger partial charge in [-0.3, -0.25) is 15.1 Å². The van der Waals surface area contributed by atoms with Crippen molar-refractivity contribution in [2.45, 2.75) is 25.6 Å². The zero-order valence-electron chi connectivity index (χ0n) is 9.16. The monoisotopic (exact) mass is 327 g/mol. The number of hydrogen-bond acceptors (Lipinski definition) is 4. The SMILES string of the molecule is CC(CC(F)(F)F)Nc1c(Br)cncc1[N+](=O)[O-]. The van der Waals surface area contributed by atoms with E-state index in [-0.39, 0.29) is 15.8 Å². The molecule has 1 rings (SSSR count). The molecule has 1 unspecified atom stereocenters. The van der Waals surface area contributed by atoms with Crippen molar-refractivity contribution >= 4 is 27.3 Å². The molecule has 0 aromatic carbocycles. The Kier molecular flexibility index (Phi) is 4.49. The average Bonchev–Trinajstić information content (AvgIpc) is 2.17. The maximum absolute atomic E-state index is 12.2. The van der Waals surface area contributed by atoms with Gasteiger partial charge < -0.3 is 5.32 Å². The molecule has 18 heavy (non-hydrogen) atoms. The molecule has 0 saturated heterocycles. The van der Waals surface area contributed by atoms with E-state index in [0.717, 1.165) is 6.20 Å². The third kappa shape index (κ3) is 4.13. The van der Waals surface area contributed by atoms with Crippen LogP contribution in [0.15, 0.2) is 16.9 Å². The van der Waals surface area contributed by atoms with Crippen LogP contribution in [0.4, 0.5) is 24.5 Å². The zero-order chi connectivity index (χ0) is 13.9. The van der Waals surface area contributed by atoms with E-state index in [0.29, 0.717) is 0 Å². The molecule has 0 fully saturated rings. The first-order chi connectivity index (χ1) is 8.20. The van der Waals surface area contributed by atoms with Gasteiger partial charge in [-0.2, -0.15) is 13.2 Å². The lowest BCUT2D eigenvalue weighted by atomic mass is 10.2. The highest BCUT2D eigenvalue weighted by Crippen LogP contribution is 2.33. The van der Waals surface area contributed by atoms with Crippen molar-refractivity contribution < 1.29 is 18.1 Å². The number of aromatic nitrogens is 1. The van der Waals surface area contributed by atoms with E-state index in [1.165, 1.54) is 13.1 Å². The zero-order valence-corrected chi connectivity index (χ0v) is 10.7. The summed E-state index contributed by atoms with van der Waals surface area (Å²) in [5.41, 5.74) is -0.384. The third-order valence-electron chi connectivity index (χ3n) is 2.00. The second kappa shape index (κ2) is 5.51. The van der Waals surface area contributed by atoms with Crippen LogP contribution in [-0.2, 0) is 0 Å². The lowest BCUT2D eigenvalue weighted by Gasteiger charge is -2.17. The molecule has 1 aromatic heterocycles. The molecule has 0 aliphatic carbocycles. The predicted molar refractivity (Wildman–Crippen MR) is 62.3 cm³/mol. The largest absolute Gasteiger partial charge is 0.391 e. The Bertz CT molecular complexity index is 453. The Morgan fingerprint density at radius 1 is 1.56 bits per heavy atom. The van der Waals surface area contributed by atoms with Crippen molar-refractivity contribution in [3.05, 3.63) is 27.0 Å². The second-order valence-electron chi connectivity index (χ2n) is 3.64.